The van der Waals surface area contributed by atoms with Crippen molar-refractivity contribution >= 4 is 11.6 Å². The first kappa shape index (κ1) is 22.6. The lowest BCUT2D eigenvalue weighted by Crippen LogP contribution is -2.48. The Labute approximate surface area is 190 Å². The fraction of sp³-hybridized carbons (Fsp3) is 0.583. The average molecular weight is 445 g/mol. The van der Waals surface area contributed by atoms with Crippen molar-refractivity contribution in [3.05, 3.63) is 60.2 Å². The number of halogens is 1. The molecule has 1 N–H and O–H groups in total. The molecule has 2 aromatic heterocycles. The van der Waals surface area contributed by atoms with Crippen molar-refractivity contribution < 1.29 is 9.47 Å². The van der Waals surface area contributed by atoms with Gasteiger partial charge in [0.15, 0.2) is 0 Å². The maximum atomic E-state index is 6.22. The van der Waals surface area contributed by atoms with Gasteiger partial charge >= 0.3 is 0 Å². The van der Waals surface area contributed by atoms with E-state index in [1.54, 1.807) is 6.20 Å². The van der Waals surface area contributed by atoms with Gasteiger partial charge in [-0.15, -0.1) is 11.6 Å². The summed E-state index contributed by atoms with van der Waals surface area (Å²) in [5, 5.41) is 3.31. The summed E-state index contributed by atoms with van der Waals surface area (Å²) >= 11 is 6.22. The van der Waals surface area contributed by atoms with E-state index in [4.69, 9.17) is 21.1 Å². The predicted octanol–water partition coefficient (Wildman–Crippen LogP) is 3.75. The van der Waals surface area contributed by atoms with Crippen molar-refractivity contribution in [3.8, 4) is 0 Å². The topological polar surface area (TPSA) is 59.5 Å². The highest BCUT2D eigenvalue weighted by Crippen LogP contribution is 2.32. The molecule has 5 heterocycles. The van der Waals surface area contributed by atoms with Gasteiger partial charge in [0.1, 0.15) is 5.38 Å². The van der Waals surface area contributed by atoms with Crippen LogP contribution in [0.1, 0.15) is 48.5 Å². The molecule has 3 saturated heterocycles. The smallest absolute Gasteiger partial charge is 0.102 e. The molecule has 2 aromatic rings. The lowest BCUT2D eigenvalue weighted by atomic mass is 10.0. The van der Waals surface area contributed by atoms with E-state index >= 15 is 0 Å². The number of nitrogens with one attached hydrogen (secondary N) is 1. The number of ether oxygens (including phenoxy) is 2. The molecule has 0 radical (unpaired) electrons. The normalized spacial score (nSPS) is 26.1. The van der Waals surface area contributed by atoms with Crippen LogP contribution in [0.2, 0.25) is 0 Å². The van der Waals surface area contributed by atoms with Crippen LogP contribution in [0.5, 0.6) is 0 Å². The maximum Gasteiger partial charge on any atom is 0.102 e. The Morgan fingerprint density at radius 1 is 0.871 bits per heavy atom. The molecule has 6 nitrogen and oxygen atoms in total. The molecule has 0 aliphatic carbocycles. The van der Waals surface area contributed by atoms with Gasteiger partial charge in [-0.3, -0.25) is 14.9 Å². The molecule has 3 aliphatic rings. The van der Waals surface area contributed by atoms with Gasteiger partial charge in [-0.05, 0) is 49.9 Å². The molecular weight excluding hydrogens is 412 g/mol. The number of rotatable bonds is 5. The van der Waals surface area contributed by atoms with Crippen LogP contribution < -0.4 is 5.32 Å². The van der Waals surface area contributed by atoms with E-state index < -0.39 is 0 Å². The zero-order chi connectivity index (χ0) is 21.3. The van der Waals surface area contributed by atoms with Crippen LogP contribution in [-0.4, -0.2) is 66.5 Å². The van der Waals surface area contributed by atoms with Gasteiger partial charge in [0.25, 0.3) is 0 Å². The molecule has 7 heteroatoms. The van der Waals surface area contributed by atoms with Crippen molar-refractivity contribution in [2.45, 2.75) is 49.3 Å². The first-order valence-corrected chi connectivity index (χ1v) is 11.9. The monoisotopic (exact) mass is 444 g/mol. The molecular formula is C24H33ClN4O2. The molecule has 0 saturated carbocycles. The Morgan fingerprint density at radius 3 is 2.03 bits per heavy atom. The van der Waals surface area contributed by atoms with Crippen molar-refractivity contribution in [3.63, 3.8) is 0 Å². The quantitative estimate of drug-likeness (QED) is 0.709. The summed E-state index contributed by atoms with van der Waals surface area (Å²) in [6.07, 6.45) is 8.62. The van der Waals surface area contributed by atoms with Crippen LogP contribution >= 0.6 is 11.6 Å². The molecule has 3 fully saturated rings. The van der Waals surface area contributed by atoms with E-state index in [2.05, 4.69) is 32.3 Å². The second kappa shape index (κ2) is 11.9. The van der Waals surface area contributed by atoms with Crippen LogP contribution in [-0.2, 0) is 9.47 Å². The fourth-order valence-electron chi connectivity index (χ4n) is 4.54. The molecule has 0 aromatic carbocycles. The van der Waals surface area contributed by atoms with E-state index in [9.17, 15) is 0 Å². The Hall–Kier alpha value is -1.57. The standard InChI is InChI=1S/C14H21N3O.C10H12ClNO/c1-2-6-16-12(4-1)14(13-5-3-11-18-13)17-9-7-15-8-10-17;11-10(9-5-3-7-13-9)8-4-1-2-6-12-8/h1-2,4,6,13-15H,3,5,7-11H2;1-2,4,6,9-10H,3,5,7H2/t13-,14?;9-,10?/m11/s1. The van der Waals surface area contributed by atoms with Crippen LogP contribution in [0, 0.1) is 0 Å². The molecule has 0 amide bonds. The predicted molar refractivity (Wildman–Crippen MR) is 122 cm³/mol. The van der Waals surface area contributed by atoms with Gasteiger partial charge in [0.05, 0.1) is 29.6 Å². The first-order valence-electron chi connectivity index (χ1n) is 11.5. The summed E-state index contributed by atoms with van der Waals surface area (Å²) in [7, 11) is 0. The number of hydrogen-bond acceptors (Lipinski definition) is 6. The maximum absolute atomic E-state index is 6.22. The fourth-order valence-corrected chi connectivity index (χ4v) is 4.87. The van der Waals surface area contributed by atoms with E-state index in [-0.39, 0.29) is 11.5 Å². The second-order valence-electron chi connectivity index (χ2n) is 8.24. The SMILES string of the molecule is ClC(c1ccccn1)[C@H]1CCCO1.c1ccc(C([C@H]2CCCO2)N2CCNCC2)nc1. The van der Waals surface area contributed by atoms with Crippen LogP contribution in [0.15, 0.2) is 48.8 Å². The number of alkyl halides is 1. The summed E-state index contributed by atoms with van der Waals surface area (Å²) in [6.45, 7) is 6.04. The van der Waals surface area contributed by atoms with Crippen molar-refractivity contribution in [1.29, 1.82) is 0 Å². The highest BCUT2D eigenvalue weighted by Gasteiger charge is 2.33. The summed E-state index contributed by atoms with van der Waals surface area (Å²) in [5.41, 5.74) is 2.07. The number of piperazine rings is 1. The minimum absolute atomic E-state index is 0.0938. The molecule has 3 aliphatic heterocycles. The Kier molecular flexibility index (Phi) is 8.67. The van der Waals surface area contributed by atoms with E-state index in [0.29, 0.717) is 12.1 Å². The zero-order valence-corrected chi connectivity index (χ0v) is 18.8. The summed E-state index contributed by atoms with van der Waals surface area (Å²) in [5.74, 6) is 0. The van der Waals surface area contributed by atoms with E-state index in [0.717, 1.165) is 70.0 Å². The molecule has 0 spiro atoms. The van der Waals surface area contributed by atoms with Crippen molar-refractivity contribution in [1.82, 2.24) is 20.2 Å². The number of aromatic nitrogens is 2. The minimum Gasteiger partial charge on any atom is -0.376 e. The van der Waals surface area contributed by atoms with E-state index in [1.807, 2.05) is 30.5 Å². The second-order valence-corrected chi connectivity index (χ2v) is 8.71. The summed E-state index contributed by atoms with van der Waals surface area (Å²) in [4.78, 5) is 11.3. The third-order valence-corrected chi connectivity index (χ3v) is 6.62. The van der Waals surface area contributed by atoms with Crippen LogP contribution in [0.25, 0.3) is 0 Å². The average Bonchev–Trinajstić information content (AvgIpc) is 3.56. The molecule has 4 atom stereocenters. The van der Waals surface area contributed by atoms with Gasteiger partial charge < -0.3 is 14.8 Å². The van der Waals surface area contributed by atoms with Gasteiger partial charge in [-0.25, -0.2) is 0 Å². The Balaban J connectivity index is 0.000000158. The molecule has 31 heavy (non-hydrogen) atoms. The van der Waals surface area contributed by atoms with Gasteiger partial charge in [0, 0.05) is 51.8 Å². The molecule has 2 unspecified atom stereocenters. The summed E-state index contributed by atoms with van der Waals surface area (Å²) in [6, 6.07) is 12.3. The zero-order valence-electron chi connectivity index (χ0n) is 18.0. The van der Waals surface area contributed by atoms with Crippen LogP contribution in [0.3, 0.4) is 0 Å². The summed E-state index contributed by atoms with van der Waals surface area (Å²) < 4.78 is 11.4. The molecule has 5 rings (SSSR count). The highest BCUT2D eigenvalue weighted by atomic mass is 35.5. The van der Waals surface area contributed by atoms with Crippen molar-refractivity contribution in [2.24, 2.45) is 0 Å². The first-order chi connectivity index (χ1) is 15.3. The highest BCUT2D eigenvalue weighted by molar-refractivity contribution is 6.21. The van der Waals surface area contributed by atoms with Gasteiger partial charge in [-0.2, -0.15) is 0 Å². The van der Waals surface area contributed by atoms with Crippen molar-refractivity contribution in [2.75, 3.05) is 39.4 Å². The lowest BCUT2D eigenvalue weighted by Gasteiger charge is -2.37. The van der Waals surface area contributed by atoms with Crippen LogP contribution in [0.4, 0.5) is 0 Å². The van der Waals surface area contributed by atoms with Gasteiger partial charge in [-0.1, -0.05) is 12.1 Å². The lowest BCUT2D eigenvalue weighted by molar-refractivity contribution is 0.0159. The number of nitrogens with zero attached hydrogens (tertiary/aromatic N) is 3. The number of hydrogen-bond donors (Lipinski definition) is 1. The van der Waals surface area contributed by atoms with Gasteiger partial charge in [0.2, 0.25) is 0 Å². The molecule has 168 valence electrons. The Morgan fingerprint density at radius 2 is 1.48 bits per heavy atom. The largest absolute Gasteiger partial charge is 0.376 e. The van der Waals surface area contributed by atoms with E-state index in [1.165, 1.54) is 6.42 Å². The third-order valence-electron chi connectivity index (χ3n) is 6.11. The Bertz CT molecular complexity index is 749. The third kappa shape index (κ3) is 6.24. The molecule has 0 bridgehead atoms. The number of pyridine rings is 2. The minimum atomic E-state index is -0.0938.